The van der Waals surface area contributed by atoms with Crippen LogP contribution in [0.25, 0.3) is 20.1 Å². The van der Waals surface area contributed by atoms with Gasteiger partial charge in [0.1, 0.15) is 5.01 Å². The Bertz CT molecular complexity index is 920. The maximum absolute atomic E-state index is 12.9. The van der Waals surface area contributed by atoms with Crippen LogP contribution in [0.15, 0.2) is 36.4 Å². The molecule has 7 heteroatoms. The lowest BCUT2D eigenvalue weighted by atomic mass is 9.96. The number of thiazole rings is 1. The van der Waals surface area contributed by atoms with Crippen molar-refractivity contribution in [2.45, 2.75) is 19.1 Å². The third-order valence-corrected chi connectivity index (χ3v) is 7.46. The predicted molar refractivity (Wildman–Crippen MR) is 107 cm³/mol. The van der Waals surface area contributed by atoms with Gasteiger partial charge in [0.15, 0.2) is 6.29 Å². The first-order chi connectivity index (χ1) is 13.3. The highest BCUT2D eigenvalue weighted by Gasteiger charge is 2.32. The van der Waals surface area contributed by atoms with E-state index in [2.05, 4.69) is 6.07 Å². The van der Waals surface area contributed by atoms with Crippen LogP contribution in [0.1, 0.15) is 22.5 Å². The van der Waals surface area contributed by atoms with Gasteiger partial charge in [-0.3, -0.25) is 4.79 Å². The Morgan fingerprint density at radius 3 is 2.59 bits per heavy atom. The van der Waals surface area contributed by atoms with E-state index in [1.807, 2.05) is 35.2 Å². The van der Waals surface area contributed by atoms with Crippen molar-refractivity contribution in [3.05, 3.63) is 41.3 Å². The lowest BCUT2D eigenvalue weighted by molar-refractivity contribution is -0.0955. The maximum atomic E-state index is 12.9. The quantitative estimate of drug-likeness (QED) is 0.660. The van der Waals surface area contributed by atoms with Gasteiger partial charge >= 0.3 is 0 Å². The molecule has 2 aliphatic rings. The lowest BCUT2D eigenvalue weighted by Crippen LogP contribution is -2.41. The molecule has 4 heterocycles. The first-order valence-corrected chi connectivity index (χ1v) is 10.9. The number of para-hydroxylation sites is 1. The fraction of sp³-hybridized carbons (Fsp3) is 0.400. The van der Waals surface area contributed by atoms with E-state index in [0.29, 0.717) is 19.1 Å². The number of carbonyl (C=O) groups is 1. The molecular weight excluding hydrogens is 380 g/mol. The molecule has 0 unspecified atom stereocenters. The molecule has 2 aromatic heterocycles. The van der Waals surface area contributed by atoms with Gasteiger partial charge in [-0.15, -0.1) is 22.7 Å². The Labute approximate surface area is 165 Å². The normalized spacial score (nSPS) is 19.2. The van der Waals surface area contributed by atoms with Crippen molar-refractivity contribution in [1.29, 1.82) is 0 Å². The average molecular weight is 401 g/mol. The Kier molecular flexibility index (Phi) is 4.69. The number of ether oxygens (including phenoxy) is 2. The number of fused-ring (bicyclic) bond motifs is 1. The molecule has 0 bridgehead atoms. The summed E-state index contributed by atoms with van der Waals surface area (Å²) in [5.74, 6) is 0.525. The number of likely N-dealkylation sites (tertiary alicyclic amines) is 1. The molecule has 27 heavy (non-hydrogen) atoms. The summed E-state index contributed by atoms with van der Waals surface area (Å²) in [6, 6.07) is 12.1. The molecule has 0 N–H and O–H groups in total. The summed E-state index contributed by atoms with van der Waals surface area (Å²) in [4.78, 5) is 21.4. The van der Waals surface area contributed by atoms with E-state index in [1.54, 1.807) is 11.3 Å². The van der Waals surface area contributed by atoms with Gasteiger partial charge in [0.05, 0.1) is 33.2 Å². The molecule has 5 rings (SSSR count). The SMILES string of the molecule is O=C(c1ccc(-c2nc3ccccc3s2)s1)N1CCC(C2OCCO2)CC1. The maximum Gasteiger partial charge on any atom is 0.263 e. The minimum atomic E-state index is -0.0744. The van der Waals surface area contributed by atoms with Crippen LogP contribution in [0.4, 0.5) is 0 Å². The van der Waals surface area contributed by atoms with Gasteiger partial charge in [0.2, 0.25) is 0 Å². The molecule has 140 valence electrons. The number of thiophene rings is 1. The van der Waals surface area contributed by atoms with Gasteiger partial charge in [-0.25, -0.2) is 4.98 Å². The highest BCUT2D eigenvalue weighted by Crippen LogP contribution is 2.35. The van der Waals surface area contributed by atoms with Crippen LogP contribution in [-0.4, -0.2) is 48.4 Å². The molecule has 2 saturated heterocycles. The van der Waals surface area contributed by atoms with E-state index in [1.165, 1.54) is 16.0 Å². The van der Waals surface area contributed by atoms with Gasteiger partial charge in [-0.1, -0.05) is 12.1 Å². The topological polar surface area (TPSA) is 51.7 Å². The Hall–Kier alpha value is -1.80. The van der Waals surface area contributed by atoms with E-state index < -0.39 is 0 Å². The number of piperidine rings is 1. The molecule has 2 aliphatic heterocycles. The summed E-state index contributed by atoms with van der Waals surface area (Å²) in [6.07, 6.45) is 1.80. The second-order valence-electron chi connectivity index (χ2n) is 6.89. The Morgan fingerprint density at radius 1 is 1.04 bits per heavy atom. The molecule has 1 aromatic carbocycles. The highest BCUT2D eigenvalue weighted by atomic mass is 32.1. The molecule has 0 atom stereocenters. The molecule has 3 aromatic rings. The number of hydrogen-bond donors (Lipinski definition) is 0. The summed E-state index contributed by atoms with van der Waals surface area (Å²) in [7, 11) is 0. The molecule has 0 spiro atoms. The monoisotopic (exact) mass is 400 g/mol. The zero-order valence-corrected chi connectivity index (χ0v) is 16.4. The molecule has 5 nitrogen and oxygen atoms in total. The molecule has 0 saturated carbocycles. The minimum Gasteiger partial charge on any atom is -0.350 e. The minimum absolute atomic E-state index is 0.0744. The molecule has 1 amide bonds. The zero-order chi connectivity index (χ0) is 18.2. The number of hydrogen-bond acceptors (Lipinski definition) is 6. The van der Waals surface area contributed by atoms with Crippen LogP contribution >= 0.6 is 22.7 Å². The molecule has 2 fully saturated rings. The molecular formula is C20H20N2O3S2. The van der Waals surface area contributed by atoms with Crippen molar-refractivity contribution in [2.24, 2.45) is 5.92 Å². The Balaban J connectivity index is 1.27. The number of aromatic nitrogens is 1. The molecule has 0 aliphatic carbocycles. The third-order valence-electron chi connectivity index (χ3n) is 5.18. The van der Waals surface area contributed by atoms with Crippen LogP contribution in [0.3, 0.4) is 0 Å². The fourth-order valence-corrected chi connectivity index (χ4v) is 5.72. The number of carbonyl (C=O) groups excluding carboxylic acids is 1. The Morgan fingerprint density at radius 2 is 1.81 bits per heavy atom. The highest BCUT2D eigenvalue weighted by molar-refractivity contribution is 7.26. The largest absolute Gasteiger partial charge is 0.350 e. The van der Waals surface area contributed by atoms with Crippen molar-refractivity contribution in [1.82, 2.24) is 9.88 Å². The van der Waals surface area contributed by atoms with Gasteiger partial charge in [0.25, 0.3) is 5.91 Å². The summed E-state index contributed by atoms with van der Waals surface area (Å²) in [6.45, 7) is 2.91. The van der Waals surface area contributed by atoms with E-state index in [9.17, 15) is 4.79 Å². The third kappa shape index (κ3) is 3.40. The van der Waals surface area contributed by atoms with Gasteiger partial charge in [-0.05, 0) is 37.1 Å². The number of rotatable bonds is 3. The number of benzene rings is 1. The van der Waals surface area contributed by atoms with Crippen LogP contribution in [0.2, 0.25) is 0 Å². The van der Waals surface area contributed by atoms with Crippen LogP contribution in [-0.2, 0) is 9.47 Å². The van der Waals surface area contributed by atoms with Crippen molar-refractivity contribution < 1.29 is 14.3 Å². The van der Waals surface area contributed by atoms with Crippen LogP contribution in [0, 0.1) is 5.92 Å². The molecule has 0 radical (unpaired) electrons. The second-order valence-corrected chi connectivity index (χ2v) is 9.00. The van der Waals surface area contributed by atoms with E-state index in [4.69, 9.17) is 14.5 Å². The number of amides is 1. The van der Waals surface area contributed by atoms with Gasteiger partial charge < -0.3 is 14.4 Å². The lowest BCUT2D eigenvalue weighted by Gasteiger charge is -2.33. The zero-order valence-electron chi connectivity index (χ0n) is 14.8. The van der Waals surface area contributed by atoms with Crippen LogP contribution < -0.4 is 0 Å². The smallest absolute Gasteiger partial charge is 0.263 e. The van der Waals surface area contributed by atoms with Crippen molar-refractivity contribution in [3.63, 3.8) is 0 Å². The fourth-order valence-electron chi connectivity index (χ4n) is 3.72. The first-order valence-electron chi connectivity index (χ1n) is 9.26. The van der Waals surface area contributed by atoms with E-state index in [0.717, 1.165) is 46.2 Å². The second kappa shape index (κ2) is 7.31. The van der Waals surface area contributed by atoms with Crippen molar-refractivity contribution in [3.8, 4) is 9.88 Å². The van der Waals surface area contributed by atoms with Crippen molar-refractivity contribution in [2.75, 3.05) is 26.3 Å². The summed E-state index contributed by atoms with van der Waals surface area (Å²) < 4.78 is 12.4. The van der Waals surface area contributed by atoms with E-state index >= 15 is 0 Å². The average Bonchev–Trinajstić information content (AvgIpc) is 3.47. The predicted octanol–water partition coefficient (Wildman–Crippen LogP) is 4.25. The summed E-state index contributed by atoms with van der Waals surface area (Å²) >= 11 is 3.21. The van der Waals surface area contributed by atoms with Crippen molar-refractivity contribution >= 4 is 38.8 Å². The van der Waals surface area contributed by atoms with E-state index in [-0.39, 0.29) is 12.2 Å². The standard InChI is InChI=1S/C20H20N2O3S2/c23-19(22-9-7-13(8-10-22)20-24-11-12-25-20)17-6-5-16(26-17)18-21-14-3-1-2-4-15(14)27-18/h1-6,13,20H,7-12H2. The summed E-state index contributed by atoms with van der Waals surface area (Å²) in [5, 5.41) is 0.981. The first kappa shape index (κ1) is 17.3. The van der Waals surface area contributed by atoms with Gasteiger partial charge in [0, 0.05) is 19.0 Å². The van der Waals surface area contributed by atoms with Crippen LogP contribution in [0.5, 0.6) is 0 Å². The van der Waals surface area contributed by atoms with Gasteiger partial charge in [-0.2, -0.15) is 0 Å². The summed E-state index contributed by atoms with van der Waals surface area (Å²) in [5.41, 5.74) is 1.01. The number of nitrogens with zero attached hydrogens (tertiary/aromatic N) is 2.